The molecule has 0 spiro atoms. The van der Waals surface area contributed by atoms with Gasteiger partial charge in [0.25, 0.3) is 5.91 Å². The van der Waals surface area contributed by atoms with Crippen LogP contribution in [0.5, 0.6) is 0 Å². The summed E-state index contributed by atoms with van der Waals surface area (Å²) in [7, 11) is 0. The average molecular weight is 384 g/mol. The van der Waals surface area contributed by atoms with Gasteiger partial charge in [0.2, 0.25) is 0 Å². The SMILES string of the molecule is CCCC(Cl)CNC(=O)c1ccc(Br)cc1Br. The Kier molecular flexibility index (Phi) is 6.52. The lowest BCUT2D eigenvalue weighted by molar-refractivity contribution is 0.0952. The van der Waals surface area contributed by atoms with E-state index >= 15 is 0 Å². The third-order valence-corrected chi connectivity index (χ3v) is 3.78. The highest BCUT2D eigenvalue weighted by molar-refractivity contribution is 9.11. The van der Waals surface area contributed by atoms with Gasteiger partial charge in [-0.05, 0) is 40.5 Å². The molecule has 1 atom stereocenters. The number of halogens is 3. The fourth-order valence-corrected chi connectivity index (χ4v) is 2.91. The molecule has 0 heterocycles. The highest BCUT2D eigenvalue weighted by atomic mass is 79.9. The lowest BCUT2D eigenvalue weighted by Crippen LogP contribution is -2.29. The second kappa shape index (κ2) is 7.39. The molecule has 94 valence electrons. The molecule has 5 heteroatoms. The Morgan fingerprint density at radius 2 is 2.18 bits per heavy atom. The lowest BCUT2D eigenvalue weighted by Gasteiger charge is -2.10. The number of carbonyl (C=O) groups is 1. The van der Waals surface area contributed by atoms with E-state index in [4.69, 9.17) is 11.6 Å². The molecule has 17 heavy (non-hydrogen) atoms. The molecular weight excluding hydrogens is 369 g/mol. The van der Waals surface area contributed by atoms with E-state index in [2.05, 4.69) is 44.1 Å². The van der Waals surface area contributed by atoms with Gasteiger partial charge < -0.3 is 5.32 Å². The van der Waals surface area contributed by atoms with Gasteiger partial charge in [-0.2, -0.15) is 0 Å². The molecule has 2 nitrogen and oxygen atoms in total. The second-order valence-corrected chi connectivity index (χ2v) is 6.11. The molecule has 0 fully saturated rings. The van der Waals surface area contributed by atoms with Gasteiger partial charge in [-0.25, -0.2) is 0 Å². The molecule has 0 aromatic heterocycles. The highest BCUT2D eigenvalue weighted by Gasteiger charge is 2.11. The van der Waals surface area contributed by atoms with Crippen molar-refractivity contribution in [3.63, 3.8) is 0 Å². The molecule has 1 N–H and O–H groups in total. The summed E-state index contributed by atoms with van der Waals surface area (Å²) < 4.78 is 1.70. The van der Waals surface area contributed by atoms with Crippen molar-refractivity contribution in [1.82, 2.24) is 5.32 Å². The predicted octanol–water partition coefficient (Wildman–Crippen LogP) is 4.35. The fraction of sp³-hybridized carbons (Fsp3) is 0.417. The van der Waals surface area contributed by atoms with Crippen molar-refractivity contribution in [3.05, 3.63) is 32.7 Å². The van der Waals surface area contributed by atoms with Crippen LogP contribution in [-0.4, -0.2) is 17.8 Å². The molecule has 0 saturated carbocycles. The molecule has 1 rings (SSSR count). The van der Waals surface area contributed by atoms with Crippen LogP contribution in [0.1, 0.15) is 30.1 Å². The van der Waals surface area contributed by atoms with Crippen LogP contribution < -0.4 is 5.32 Å². The topological polar surface area (TPSA) is 29.1 Å². The molecule has 1 amide bonds. The first-order chi connectivity index (χ1) is 8.04. The number of hydrogen-bond donors (Lipinski definition) is 1. The highest BCUT2D eigenvalue weighted by Crippen LogP contribution is 2.21. The molecule has 1 aromatic carbocycles. The van der Waals surface area contributed by atoms with Crippen LogP contribution in [0.2, 0.25) is 0 Å². The number of amides is 1. The first-order valence-corrected chi connectivity index (χ1v) is 7.44. The first-order valence-electron chi connectivity index (χ1n) is 5.42. The van der Waals surface area contributed by atoms with E-state index in [1.807, 2.05) is 12.1 Å². The summed E-state index contributed by atoms with van der Waals surface area (Å²) in [5.74, 6) is -0.105. The molecule has 0 radical (unpaired) electrons. The summed E-state index contributed by atoms with van der Waals surface area (Å²) >= 11 is 12.8. The predicted molar refractivity (Wildman–Crippen MR) is 78.7 cm³/mol. The molecule has 0 aliphatic rings. The standard InChI is InChI=1S/C12H14Br2ClNO/c1-2-3-9(15)7-16-12(17)10-5-4-8(13)6-11(10)14/h4-6,9H,2-3,7H2,1H3,(H,16,17). The zero-order chi connectivity index (χ0) is 12.8. The van der Waals surface area contributed by atoms with E-state index in [-0.39, 0.29) is 11.3 Å². The molecule has 0 aliphatic carbocycles. The zero-order valence-corrected chi connectivity index (χ0v) is 13.4. The molecule has 1 unspecified atom stereocenters. The van der Waals surface area contributed by atoms with Gasteiger partial charge in [-0.1, -0.05) is 29.3 Å². The van der Waals surface area contributed by atoms with Gasteiger partial charge in [-0.15, -0.1) is 11.6 Å². The normalized spacial score (nSPS) is 12.2. The quantitative estimate of drug-likeness (QED) is 0.753. The largest absolute Gasteiger partial charge is 0.351 e. The third kappa shape index (κ3) is 4.98. The van der Waals surface area contributed by atoms with Gasteiger partial charge in [-0.3, -0.25) is 4.79 Å². The first kappa shape index (κ1) is 15.0. The maximum absolute atomic E-state index is 11.9. The van der Waals surface area contributed by atoms with E-state index in [0.717, 1.165) is 21.8 Å². The molecule has 0 bridgehead atoms. The van der Waals surface area contributed by atoms with Gasteiger partial charge >= 0.3 is 0 Å². The molecule has 0 saturated heterocycles. The number of carbonyl (C=O) groups excluding carboxylic acids is 1. The fourth-order valence-electron chi connectivity index (χ4n) is 1.39. The molecule has 1 aromatic rings. The monoisotopic (exact) mass is 381 g/mol. The molecule has 0 aliphatic heterocycles. The number of rotatable bonds is 5. The van der Waals surface area contributed by atoms with Gasteiger partial charge in [0.05, 0.1) is 10.9 Å². The Morgan fingerprint density at radius 3 is 2.76 bits per heavy atom. The van der Waals surface area contributed by atoms with Crippen molar-refractivity contribution >= 4 is 49.4 Å². The van der Waals surface area contributed by atoms with Crippen LogP contribution in [0.15, 0.2) is 27.1 Å². The Balaban J connectivity index is 2.58. The summed E-state index contributed by atoms with van der Waals surface area (Å²) in [5.41, 5.74) is 0.619. The van der Waals surface area contributed by atoms with Gasteiger partial charge in [0.15, 0.2) is 0 Å². The van der Waals surface area contributed by atoms with E-state index < -0.39 is 0 Å². The van der Waals surface area contributed by atoms with Crippen molar-refractivity contribution < 1.29 is 4.79 Å². The van der Waals surface area contributed by atoms with Crippen LogP contribution in [0.4, 0.5) is 0 Å². The minimum atomic E-state index is -0.105. The van der Waals surface area contributed by atoms with E-state index in [9.17, 15) is 4.79 Å². The Bertz CT molecular complexity index is 398. The van der Waals surface area contributed by atoms with Crippen molar-refractivity contribution in [2.45, 2.75) is 25.1 Å². The number of hydrogen-bond acceptors (Lipinski definition) is 1. The smallest absolute Gasteiger partial charge is 0.252 e. The lowest BCUT2D eigenvalue weighted by atomic mass is 10.2. The summed E-state index contributed by atoms with van der Waals surface area (Å²) in [6.07, 6.45) is 1.93. The van der Waals surface area contributed by atoms with E-state index in [1.165, 1.54) is 0 Å². The number of alkyl halides is 1. The van der Waals surface area contributed by atoms with Crippen molar-refractivity contribution in [3.8, 4) is 0 Å². The third-order valence-electron chi connectivity index (χ3n) is 2.26. The van der Waals surface area contributed by atoms with Crippen LogP contribution in [0, 0.1) is 0 Å². The maximum atomic E-state index is 11.9. The van der Waals surface area contributed by atoms with Crippen molar-refractivity contribution in [1.29, 1.82) is 0 Å². The minimum absolute atomic E-state index is 0.00169. The maximum Gasteiger partial charge on any atom is 0.252 e. The Labute approximate surface area is 123 Å². The Morgan fingerprint density at radius 1 is 1.47 bits per heavy atom. The summed E-state index contributed by atoms with van der Waals surface area (Å²) in [5, 5.41) is 2.83. The minimum Gasteiger partial charge on any atom is -0.351 e. The number of benzene rings is 1. The van der Waals surface area contributed by atoms with Gasteiger partial charge in [0, 0.05) is 15.5 Å². The summed E-state index contributed by atoms with van der Waals surface area (Å²) in [6, 6.07) is 5.45. The van der Waals surface area contributed by atoms with Crippen LogP contribution in [0.25, 0.3) is 0 Å². The summed E-state index contributed by atoms with van der Waals surface area (Å²) in [6.45, 7) is 2.57. The van der Waals surface area contributed by atoms with E-state index in [0.29, 0.717) is 12.1 Å². The van der Waals surface area contributed by atoms with Crippen molar-refractivity contribution in [2.24, 2.45) is 0 Å². The van der Waals surface area contributed by atoms with Crippen LogP contribution in [0.3, 0.4) is 0 Å². The van der Waals surface area contributed by atoms with Crippen molar-refractivity contribution in [2.75, 3.05) is 6.54 Å². The zero-order valence-electron chi connectivity index (χ0n) is 9.47. The van der Waals surface area contributed by atoms with E-state index in [1.54, 1.807) is 6.07 Å². The number of nitrogens with one attached hydrogen (secondary N) is 1. The van der Waals surface area contributed by atoms with Gasteiger partial charge in [0.1, 0.15) is 0 Å². The van der Waals surface area contributed by atoms with Crippen LogP contribution in [-0.2, 0) is 0 Å². The average Bonchev–Trinajstić information content (AvgIpc) is 2.26. The molecular formula is C12H14Br2ClNO. The second-order valence-electron chi connectivity index (χ2n) is 3.72. The summed E-state index contributed by atoms with van der Waals surface area (Å²) in [4.78, 5) is 11.9. The Hall–Kier alpha value is -0.0600. The van der Waals surface area contributed by atoms with Crippen LogP contribution >= 0.6 is 43.5 Å².